The van der Waals surface area contributed by atoms with Gasteiger partial charge in [0.05, 0.1) is 11.6 Å². The number of hydrogen-bond donors (Lipinski definition) is 0. The number of benzene rings is 1. The first-order chi connectivity index (χ1) is 11.7. The van der Waals surface area contributed by atoms with E-state index in [0.29, 0.717) is 35.9 Å². The Balaban J connectivity index is 1.58. The lowest BCUT2D eigenvalue weighted by molar-refractivity contribution is 0.0587. The smallest absolute Gasteiger partial charge is 0.253 e. The summed E-state index contributed by atoms with van der Waals surface area (Å²) in [4.78, 5) is 22.6. The van der Waals surface area contributed by atoms with E-state index in [9.17, 15) is 4.79 Å². The molecule has 0 radical (unpaired) electrons. The molecule has 6 heteroatoms. The Labute approximate surface area is 140 Å². The molecule has 1 amide bonds. The Morgan fingerprint density at radius 1 is 1.33 bits per heavy atom. The average molecular weight is 322 g/mol. The molecule has 1 saturated heterocycles. The van der Waals surface area contributed by atoms with Gasteiger partial charge in [-0.1, -0.05) is 6.07 Å². The van der Waals surface area contributed by atoms with E-state index in [1.54, 1.807) is 36.5 Å². The van der Waals surface area contributed by atoms with Crippen LogP contribution in [0.1, 0.15) is 34.6 Å². The van der Waals surface area contributed by atoms with Gasteiger partial charge in [-0.25, -0.2) is 4.98 Å². The maximum atomic E-state index is 12.5. The van der Waals surface area contributed by atoms with Gasteiger partial charge in [0.25, 0.3) is 5.91 Å². The molecule has 24 heavy (non-hydrogen) atoms. The van der Waals surface area contributed by atoms with Crippen molar-refractivity contribution in [2.75, 3.05) is 13.1 Å². The Hall–Kier alpha value is -2.94. The van der Waals surface area contributed by atoms with Crippen molar-refractivity contribution in [2.45, 2.75) is 25.9 Å². The van der Waals surface area contributed by atoms with Crippen molar-refractivity contribution in [1.82, 2.24) is 14.9 Å². The first-order valence-corrected chi connectivity index (χ1v) is 7.91. The maximum absolute atomic E-state index is 12.5. The third-order valence-corrected chi connectivity index (χ3v) is 4.01. The average Bonchev–Trinajstić information content (AvgIpc) is 2.62. The van der Waals surface area contributed by atoms with E-state index in [1.165, 1.54) is 0 Å². The van der Waals surface area contributed by atoms with E-state index >= 15 is 0 Å². The maximum Gasteiger partial charge on any atom is 0.253 e. The molecule has 1 fully saturated rings. The minimum absolute atomic E-state index is 0.0385. The van der Waals surface area contributed by atoms with Crippen molar-refractivity contribution < 1.29 is 9.53 Å². The first-order valence-electron chi connectivity index (χ1n) is 7.91. The lowest BCUT2D eigenvalue weighted by atomic mass is 10.1. The third kappa shape index (κ3) is 3.69. The summed E-state index contributed by atoms with van der Waals surface area (Å²) < 4.78 is 5.87. The molecule has 1 aromatic heterocycles. The quantitative estimate of drug-likeness (QED) is 0.866. The summed E-state index contributed by atoms with van der Waals surface area (Å²) in [6.45, 7) is 3.08. The summed E-state index contributed by atoms with van der Waals surface area (Å²) in [5.74, 6) is 1.22. The second kappa shape index (κ2) is 7.09. The van der Waals surface area contributed by atoms with Gasteiger partial charge >= 0.3 is 0 Å². The second-order valence-electron chi connectivity index (χ2n) is 5.74. The van der Waals surface area contributed by atoms with E-state index in [4.69, 9.17) is 10.00 Å². The van der Waals surface area contributed by atoms with E-state index in [-0.39, 0.29) is 12.0 Å². The lowest BCUT2D eigenvalue weighted by Gasteiger charge is -2.32. The number of aryl methyl sites for hydroxylation is 1. The monoisotopic (exact) mass is 322 g/mol. The normalized spacial score (nSPS) is 14.9. The van der Waals surface area contributed by atoms with Crippen molar-refractivity contribution in [1.29, 1.82) is 5.26 Å². The standard InChI is InChI=1S/C18H18N4O2/c1-13-20-8-5-17(21-13)24-16-6-9-22(10-7-16)18(23)15-4-2-3-14(11-15)12-19/h2-5,8,11,16H,6-7,9-10H2,1H3. The van der Waals surface area contributed by atoms with Crippen molar-refractivity contribution in [3.8, 4) is 11.9 Å². The zero-order chi connectivity index (χ0) is 16.9. The van der Waals surface area contributed by atoms with Crippen LogP contribution in [0.5, 0.6) is 5.88 Å². The highest BCUT2D eigenvalue weighted by Crippen LogP contribution is 2.19. The number of rotatable bonds is 3. The molecular weight excluding hydrogens is 304 g/mol. The Bertz CT molecular complexity index is 777. The number of piperidine rings is 1. The van der Waals surface area contributed by atoms with Crippen LogP contribution in [0.2, 0.25) is 0 Å². The van der Waals surface area contributed by atoms with Crippen molar-refractivity contribution >= 4 is 5.91 Å². The molecule has 1 aromatic carbocycles. The highest BCUT2D eigenvalue weighted by Gasteiger charge is 2.25. The van der Waals surface area contributed by atoms with Gasteiger partial charge in [0.1, 0.15) is 11.9 Å². The molecule has 122 valence electrons. The highest BCUT2D eigenvalue weighted by molar-refractivity contribution is 5.94. The SMILES string of the molecule is Cc1nccc(OC2CCN(C(=O)c3cccc(C#N)c3)CC2)n1. The van der Waals surface area contributed by atoms with Gasteiger partial charge in [-0.3, -0.25) is 4.79 Å². The highest BCUT2D eigenvalue weighted by atomic mass is 16.5. The van der Waals surface area contributed by atoms with Gasteiger partial charge in [0.2, 0.25) is 5.88 Å². The van der Waals surface area contributed by atoms with E-state index in [0.717, 1.165) is 12.8 Å². The van der Waals surface area contributed by atoms with Gasteiger partial charge < -0.3 is 9.64 Å². The molecule has 0 bridgehead atoms. The molecule has 0 aliphatic carbocycles. The third-order valence-electron chi connectivity index (χ3n) is 4.01. The lowest BCUT2D eigenvalue weighted by Crippen LogP contribution is -2.41. The van der Waals surface area contributed by atoms with Crippen LogP contribution in [-0.4, -0.2) is 40.0 Å². The molecule has 0 saturated carbocycles. The molecule has 0 N–H and O–H groups in total. The van der Waals surface area contributed by atoms with E-state index in [1.807, 2.05) is 11.8 Å². The number of carbonyl (C=O) groups is 1. The van der Waals surface area contributed by atoms with Gasteiger partial charge in [-0.05, 0) is 25.1 Å². The van der Waals surface area contributed by atoms with Crippen LogP contribution in [0.15, 0.2) is 36.5 Å². The summed E-state index contributed by atoms with van der Waals surface area (Å²) in [5.41, 5.74) is 1.05. The number of ether oxygens (including phenoxy) is 1. The van der Waals surface area contributed by atoms with E-state index < -0.39 is 0 Å². The zero-order valence-corrected chi connectivity index (χ0v) is 13.5. The molecule has 3 rings (SSSR count). The molecular formula is C18H18N4O2. The molecule has 0 unspecified atom stereocenters. The molecule has 1 aliphatic rings. The van der Waals surface area contributed by atoms with Crippen molar-refractivity contribution in [3.05, 3.63) is 53.5 Å². The van der Waals surface area contributed by atoms with Crippen molar-refractivity contribution in [2.24, 2.45) is 0 Å². The number of nitriles is 1. The fourth-order valence-electron chi connectivity index (χ4n) is 2.75. The number of likely N-dealkylation sites (tertiary alicyclic amines) is 1. The van der Waals surface area contributed by atoms with Gasteiger partial charge in [-0.2, -0.15) is 10.2 Å². The fraction of sp³-hybridized carbons (Fsp3) is 0.333. The predicted octanol–water partition coefficient (Wildman–Crippen LogP) is 2.34. The van der Waals surface area contributed by atoms with E-state index in [2.05, 4.69) is 16.0 Å². The van der Waals surface area contributed by atoms with Crippen molar-refractivity contribution in [3.63, 3.8) is 0 Å². The number of hydrogen-bond acceptors (Lipinski definition) is 5. The Morgan fingerprint density at radius 3 is 2.83 bits per heavy atom. The summed E-state index contributed by atoms with van der Waals surface area (Å²) in [6, 6.07) is 10.6. The van der Waals surface area contributed by atoms with Crippen LogP contribution in [0.25, 0.3) is 0 Å². The largest absolute Gasteiger partial charge is 0.474 e. The molecule has 2 heterocycles. The van der Waals surface area contributed by atoms with Crippen LogP contribution in [0, 0.1) is 18.3 Å². The first kappa shape index (κ1) is 15.9. The summed E-state index contributed by atoms with van der Waals surface area (Å²) in [7, 11) is 0. The van der Waals surface area contributed by atoms with Gasteiger partial charge in [0, 0.05) is 43.8 Å². The number of nitrogens with zero attached hydrogens (tertiary/aromatic N) is 4. The molecule has 0 atom stereocenters. The molecule has 1 aliphatic heterocycles. The molecule has 6 nitrogen and oxygen atoms in total. The van der Waals surface area contributed by atoms with Crippen LogP contribution in [0.4, 0.5) is 0 Å². The van der Waals surface area contributed by atoms with Crippen LogP contribution >= 0.6 is 0 Å². The topological polar surface area (TPSA) is 79.1 Å². The summed E-state index contributed by atoms with van der Waals surface area (Å²) in [6.07, 6.45) is 3.24. The number of carbonyl (C=O) groups excluding carboxylic acids is 1. The van der Waals surface area contributed by atoms with Gasteiger partial charge in [-0.15, -0.1) is 0 Å². The minimum Gasteiger partial charge on any atom is -0.474 e. The minimum atomic E-state index is -0.0385. The summed E-state index contributed by atoms with van der Waals surface area (Å²) >= 11 is 0. The van der Waals surface area contributed by atoms with Crippen LogP contribution in [0.3, 0.4) is 0 Å². The van der Waals surface area contributed by atoms with Gasteiger partial charge in [0.15, 0.2) is 0 Å². The fourth-order valence-corrected chi connectivity index (χ4v) is 2.75. The Morgan fingerprint density at radius 2 is 2.12 bits per heavy atom. The van der Waals surface area contributed by atoms with Crippen LogP contribution < -0.4 is 4.74 Å². The number of aromatic nitrogens is 2. The second-order valence-corrected chi connectivity index (χ2v) is 5.74. The number of amides is 1. The molecule has 0 spiro atoms. The predicted molar refractivity (Wildman–Crippen MR) is 87.5 cm³/mol. The zero-order valence-electron chi connectivity index (χ0n) is 13.5. The van der Waals surface area contributed by atoms with Crippen LogP contribution in [-0.2, 0) is 0 Å². The summed E-state index contributed by atoms with van der Waals surface area (Å²) in [5, 5.41) is 8.95. The Kier molecular flexibility index (Phi) is 4.71. The molecule has 2 aromatic rings.